The number of hydrogen-bond acceptors (Lipinski definition) is 6. The van der Waals surface area contributed by atoms with Crippen molar-refractivity contribution in [1.29, 1.82) is 5.26 Å². The Hall–Kier alpha value is -2.82. The third-order valence-corrected chi connectivity index (χ3v) is 5.21. The second kappa shape index (κ2) is 8.91. The molecule has 1 heterocycles. The zero-order valence-electron chi connectivity index (χ0n) is 15.5. The molecule has 0 radical (unpaired) electrons. The van der Waals surface area contributed by atoms with Crippen molar-refractivity contribution >= 4 is 46.0 Å². The van der Waals surface area contributed by atoms with Gasteiger partial charge in [0.1, 0.15) is 6.07 Å². The van der Waals surface area contributed by atoms with E-state index in [0.717, 1.165) is 16.8 Å². The van der Waals surface area contributed by atoms with Gasteiger partial charge in [0.2, 0.25) is 0 Å². The molecule has 0 bridgehead atoms. The second-order valence-corrected chi connectivity index (χ2v) is 7.62. The number of nitriles is 1. The van der Waals surface area contributed by atoms with Crippen LogP contribution in [0.15, 0.2) is 47.4 Å². The van der Waals surface area contributed by atoms with Gasteiger partial charge in [-0.25, -0.2) is 0 Å². The summed E-state index contributed by atoms with van der Waals surface area (Å²) < 4.78 is 11.5. The topological polar surface area (TPSA) is 62.6 Å². The van der Waals surface area contributed by atoms with Crippen LogP contribution in [0.5, 0.6) is 11.5 Å². The molecule has 1 saturated heterocycles. The summed E-state index contributed by atoms with van der Waals surface area (Å²) in [6.07, 6.45) is 1.78. The van der Waals surface area contributed by atoms with Crippen LogP contribution in [0.2, 0.25) is 0 Å². The highest BCUT2D eigenvalue weighted by Gasteiger charge is 2.33. The minimum Gasteiger partial charge on any atom is -0.490 e. The SMILES string of the molecule is CCOc1cc(/C=C2/SC(=S)N(c3cccc(C)c3)C2=O)ccc1OCC#N. The Bertz CT molecular complexity index is 995. The maximum Gasteiger partial charge on any atom is 0.270 e. The van der Waals surface area contributed by atoms with Crippen LogP contribution in [-0.2, 0) is 4.79 Å². The lowest BCUT2D eigenvalue weighted by Gasteiger charge is -2.14. The zero-order chi connectivity index (χ0) is 20.1. The number of carbonyl (C=O) groups is 1. The highest BCUT2D eigenvalue weighted by Crippen LogP contribution is 2.37. The standard InChI is InChI=1S/C21H18N2O3S2/c1-3-25-18-12-15(7-8-17(18)26-10-9-22)13-19-20(24)23(21(27)28-19)16-6-4-5-14(2)11-16/h4-8,11-13H,3,10H2,1-2H3/b19-13+. The number of nitrogens with zero attached hydrogens (tertiary/aromatic N) is 2. The van der Waals surface area contributed by atoms with Gasteiger partial charge in [-0.2, -0.15) is 5.26 Å². The van der Waals surface area contributed by atoms with Crippen molar-refractivity contribution in [3.05, 3.63) is 58.5 Å². The van der Waals surface area contributed by atoms with E-state index in [1.54, 1.807) is 23.1 Å². The van der Waals surface area contributed by atoms with Crippen molar-refractivity contribution in [2.75, 3.05) is 18.1 Å². The molecule has 1 fully saturated rings. The quantitative estimate of drug-likeness (QED) is 0.508. The molecule has 1 aliphatic heterocycles. The summed E-state index contributed by atoms with van der Waals surface area (Å²) >= 11 is 6.69. The van der Waals surface area contributed by atoms with Gasteiger partial charge < -0.3 is 9.47 Å². The van der Waals surface area contributed by atoms with E-state index in [4.69, 9.17) is 27.0 Å². The van der Waals surface area contributed by atoms with E-state index in [9.17, 15) is 4.79 Å². The molecule has 0 aliphatic carbocycles. The fourth-order valence-corrected chi connectivity index (χ4v) is 4.02. The fourth-order valence-electron chi connectivity index (χ4n) is 2.72. The van der Waals surface area contributed by atoms with Crippen molar-refractivity contribution in [1.82, 2.24) is 0 Å². The van der Waals surface area contributed by atoms with Crippen molar-refractivity contribution in [2.24, 2.45) is 0 Å². The maximum atomic E-state index is 12.9. The van der Waals surface area contributed by atoms with Crippen LogP contribution in [0.4, 0.5) is 5.69 Å². The van der Waals surface area contributed by atoms with Crippen LogP contribution in [-0.4, -0.2) is 23.4 Å². The van der Waals surface area contributed by atoms with Gasteiger partial charge in [0, 0.05) is 0 Å². The molecule has 5 nitrogen and oxygen atoms in total. The predicted molar refractivity (Wildman–Crippen MR) is 116 cm³/mol. The molecule has 0 aromatic heterocycles. The molecule has 1 amide bonds. The molecule has 0 spiro atoms. The van der Waals surface area contributed by atoms with Gasteiger partial charge in [0.05, 0.1) is 17.2 Å². The van der Waals surface area contributed by atoms with Crippen molar-refractivity contribution in [3.8, 4) is 17.6 Å². The van der Waals surface area contributed by atoms with Crippen molar-refractivity contribution < 1.29 is 14.3 Å². The first kappa shape index (κ1) is 19.9. The second-order valence-electron chi connectivity index (χ2n) is 5.94. The number of thiocarbonyl (C=S) groups is 1. The van der Waals surface area contributed by atoms with Gasteiger partial charge in [0.15, 0.2) is 22.4 Å². The van der Waals surface area contributed by atoms with Gasteiger partial charge in [-0.05, 0) is 55.3 Å². The Morgan fingerprint density at radius 2 is 2.04 bits per heavy atom. The summed E-state index contributed by atoms with van der Waals surface area (Å²) in [5, 5.41) is 8.70. The molecule has 0 unspecified atom stereocenters. The molecule has 2 aromatic carbocycles. The molecule has 0 N–H and O–H groups in total. The van der Waals surface area contributed by atoms with E-state index < -0.39 is 0 Å². The largest absolute Gasteiger partial charge is 0.490 e. The summed E-state index contributed by atoms with van der Waals surface area (Å²) in [5.74, 6) is 0.872. The Morgan fingerprint density at radius 1 is 1.21 bits per heavy atom. The highest BCUT2D eigenvalue weighted by atomic mass is 32.2. The first-order chi connectivity index (χ1) is 13.5. The zero-order valence-corrected chi connectivity index (χ0v) is 17.1. The van der Waals surface area contributed by atoms with E-state index >= 15 is 0 Å². The average Bonchev–Trinajstić information content (AvgIpc) is 2.94. The van der Waals surface area contributed by atoms with Gasteiger partial charge >= 0.3 is 0 Å². The molecule has 2 aromatic rings. The summed E-state index contributed by atoms with van der Waals surface area (Å²) in [6.45, 7) is 4.24. The average molecular weight is 411 g/mol. The third kappa shape index (κ3) is 4.35. The molecule has 28 heavy (non-hydrogen) atoms. The molecular formula is C21H18N2O3S2. The van der Waals surface area contributed by atoms with Crippen LogP contribution in [0.3, 0.4) is 0 Å². The molecule has 7 heteroatoms. The first-order valence-electron chi connectivity index (χ1n) is 8.64. The van der Waals surface area contributed by atoms with Crippen LogP contribution in [0.25, 0.3) is 6.08 Å². The number of hydrogen-bond donors (Lipinski definition) is 0. The third-order valence-electron chi connectivity index (χ3n) is 3.91. The molecule has 142 valence electrons. The van der Waals surface area contributed by atoms with Crippen LogP contribution in [0, 0.1) is 18.3 Å². The molecule has 0 atom stereocenters. The van der Waals surface area contributed by atoms with Crippen molar-refractivity contribution in [2.45, 2.75) is 13.8 Å². The summed E-state index contributed by atoms with van der Waals surface area (Å²) in [5.41, 5.74) is 2.61. The van der Waals surface area contributed by atoms with Crippen LogP contribution >= 0.6 is 24.0 Å². The monoisotopic (exact) mass is 410 g/mol. The summed E-state index contributed by atoms with van der Waals surface area (Å²) in [4.78, 5) is 15.0. The fraction of sp³-hybridized carbons (Fsp3) is 0.190. The number of carbonyl (C=O) groups excluding carboxylic acids is 1. The minimum absolute atomic E-state index is 0.0609. The molecule has 3 rings (SSSR count). The molecule has 0 saturated carbocycles. The van der Waals surface area contributed by atoms with Gasteiger partial charge in [-0.15, -0.1) is 0 Å². The van der Waals surface area contributed by atoms with Gasteiger partial charge in [-0.1, -0.05) is 42.2 Å². The number of amides is 1. The molecular weight excluding hydrogens is 392 g/mol. The van der Waals surface area contributed by atoms with E-state index in [1.165, 1.54) is 11.8 Å². The van der Waals surface area contributed by atoms with E-state index in [0.29, 0.717) is 27.3 Å². The lowest BCUT2D eigenvalue weighted by molar-refractivity contribution is -0.113. The minimum atomic E-state index is -0.150. The normalized spacial score (nSPS) is 15.0. The molecule has 1 aliphatic rings. The summed E-state index contributed by atoms with van der Waals surface area (Å²) in [7, 11) is 0. The Kier molecular flexibility index (Phi) is 6.34. The Balaban J connectivity index is 1.89. The number of anilines is 1. The van der Waals surface area contributed by atoms with Crippen LogP contribution in [0.1, 0.15) is 18.1 Å². The number of thioether (sulfide) groups is 1. The maximum absolute atomic E-state index is 12.9. The van der Waals surface area contributed by atoms with Gasteiger partial charge in [0.25, 0.3) is 5.91 Å². The lowest BCUT2D eigenvalue weighted by Crippen LogP contribution is -2.27. The lowest BCUT2D eigenvalue weighted by atomic mass is 10.1. The number of rotatable bonds is 6. The summed E-state index contributed by atoms with van der Waals surface area (Å²) in [6, 6.07) is 15.0. The smallest absolute Gasteiger partial charge is 0.270 e. The Morgan fingerprint density at radius 3 is 2.75 bits per heavy atom. The Labute approximate surface area is 173 Å². The van der Waals surface area contributed by atoms with Gasteiger partial charge in [-0.3, -0.25) is 9.69 Å². The number of ether oxygens (including phenoxy) is 2. The van der Waals surface area contributed by atoms with Crippen LogP contribution < -0.4 is 14.4 Å². The first-order valence-corrected chi connectivity index (χ1v) is 9.87. The van der Waals surface area contributed by atoms with E-state index in [2.05, 4.69) is 0 Å². The van der Waals surface area contributed by atoms with Crippen molar-refractivity contribution in [3.63, 3.8) is 0 Å². The predicted octanol–water partition coefficient (Wildman–Crippen LogP) is 4.70. The van der Waals surface area contributed by atoms with E-state index in [-0.39, 0.29) is 12.5 Å². The highest BCUT2D eigenvalue weighted by molar-refractivity contribution is 8.27. The van der Waals surface area contributed by atoms with E-state index in [1.807, 2.05) is 50.2 Å². The number of aryl methyl sites for hydroxylation is 1. The number of benzene rings is 2.